The number of carbonyl (C=O) groups excluding carboxylic acids is 1. The van der Waals surface area contributed by atoms with Gasteiger partial charge in [-0.25, -0.2) is 4.68 Å². The Morgan fingerprint density at radius 1 is 1.32 bits per heavy atom. The summed E-state index contributed by atoms with van der Waals surface area (Å²) < 4.78 is 1.41. The van der Waals surface area contributed by atoms with Gasteiger partial charge in [-0.05, 0) is 22.6 Å². The number of amides is 1. The van der Waals surface area contributed by atoms with Gasteiger partial charge in [0.2, 0.25) is 5.91 Å². The van der Waals surface area contributed by atoms with Gasteiger partial charge in [-0.2, -0.15) is 0 Å². The van der Waals surface area contributed by atoms with Crippen molar-refractivity contribution in [1.82, 2.24) is 20.2 Å². The van der Waals surface area contributed by atoms with Crippen LogP contribution in [0.1, 0.15) is 5.82 Å². The van der Waals surface area contributed by atoms with Crippen molar-refractivity contribution in [3.05, 3.63) is 33.0 Å². The molecule has 1 amide bonds. The number of carbonyl (C=O) groups is 1. The third kappa shape index (κ3) is 3.34. The molecule has 1 aromatic carbocycles. The van der Waals surface area contributed by atoms with E-state index in [2.05, 4.69) is 20.8 Å². The normalized spacial score (nSPS) is 10.5. The molecule has 19 heavy (non-hydrogen) atoms. The summed E-state index contributed by atoms with van der Waals surface area (Å²) in [5, 5.41) is 14.3. The maximum atomic E-state index is 11.9. The van der Waals surface area contributed by atoms with Crippen LogP contribution in [0.4, 0.5) is 5.69 Å². The van der Waals surface area contributed by atoms with E-state index in [1.165, 1.54) is 16.8 Å². The fraction of sp³-hybridized carbons (Fsp3) is 0.200. The zero-order valence-corrected chi connectivity index (χ0v) is 12.0. The monoisotopic (exact) mass is 319 g/mol. The highest BCUT2D eigenvalue weighted by Gasteiger charge is 2.14. The van der Waals surface area contributed by atoms with Gasteiger partial charge in [-0.15, -0.1) is 5.10 Å². The molecule has 2 aromatic rings. The second-order valence-corrected chi connectivity index (χ2v) is 4.94. The Bertz CT molecular complexity index is 604. The van der Waals surface area contributed by atoms with Crippen LogP contribution in [0.15, 0.2) is 12.1 Å². The summed E-state index contributed by atoms with van der Waals surface area (Å²) >= 11 is 17.7. The topological polar surface area (TPSA) is 72.7 Å². The largest absolute Gasteiger partial charge is 0.323 e. The van der Waals surface area contributed by atoms with Crippen LogP contribution in [0.25, 0.3) is 0 Å². The quantitative estimate of drug-likeness (QED) is 0.942. The molecule has 0 aliphatic carbocycles. The number of benzene rings is 1. The van der Waals surface area contributed by atoms with Gasteiger partial charge in [0.05, 0.1) is 22.2 Å². The SMILES string of the molecule is Cn1nnnc1CC(=O)Nc1c(Cl)cc(Cl)cc1Cl. The number of tetrazole rings is 1. The second kappa shape index (κ2) is 5.73. The number of aryl methyl sites for hydroxylation is 1. The molecule has 0 atom stereocenters. The van der Waals surface area contributed by atoms with Gasteiger partial charge in [0.15, 0.2) is 5.82 Å². The van der Waals surface area contributed by atoms with Gasteiger partial charge >= 0.3 is 0 Å². The smallest absolute Gasteiger partial charge is 0.232 e. The Balaban J connectivity index is 2.14. The lowest BCUT2D eigenvalue weighted by molar-refractivity contribution is -0.115. The van der Waals surface area contributed by atoms with E-state index in [0.717, 1.165) is 0 Å². The van der Waals surface area contributed by atoms with E-state index in [4.69, 9.17) is 34.8 Å². The van der Waals surface area contributed by atoms with Crippen LogP contribution in [0.5, 0.6) is 0 Å². The predicted octanol–water partition coefficient (Wildman–Crippen LogP) is 2.35. The van der Waals surface area contributed by atoms with Crippen molar-refractivity contribution in [2.75, 3.05) is 5.32 Å². The summed E-state index contributed by atoms with van der Waals surface area (Å²) in [6.45, 7) is 0. The average molecular weight is 321 g/mol. The molecule has 100 valence electrons. The van der Waals surface area contributed by atoms with Gasteiger partial charge in [-0.1, -0.05) is 34.8 Å². The van der Waals surface area contributed by atoms with Gasteiger partial charge in [0, 0.05) is 12.1 Å². The second-order valence-electron chi connectivity index (χ2n) is 3.69. The molecule has 0 saturated carbocycles. The lowest BCUT2D eigenvalue weighted by Gasteiger charge is -2.09. The van der Waals surface area contributed by atoms with Crippen molar-refractivity contribution in [3.63, 3.8) is 0 Å². The van der Waals surface area contributed by atoms with E-state index in [1.807, 2.05) is 0 Å². The molecule has 1 heterocycles. The highest BCUT2D eigenvalue weighted by molar-refractivity contribution is 6.42. The molecule has 0 saturated heterocycles. The molecule has 2 rings (SSSR count). The highest BCUT2D eigenvalue weighted by Crippen LogP contribution is 2.33. The highest BCUT2D eigenvalue weighted by atomic mass is 35.5. The summed E-state index contributed by atoms with van der Waals surface area (Å²) in [6.07, 6.45) is 0.0127. The number of aromatic nitrogens is 4. The van der Waals surface area contributed by atoms with Crippen LogP contribution in [-0.4, -0.2) is 26.1 Å². The van der Waals surface area contributed by atoms with Crippen LogP contribution in [0.2, 0.25) is 15.1 Å². The van der Waals surface area contributed by atoms with E-state index >= 15 is 0 Å². The molecule has 0 aliphatic rings. The number of hydrogen-bond acceptors (Lipinski definition) is 4. The molecule has 0 bridgehead atoms. The number of halogens is 3. The van der Waals surface area contributed by atoms with E-state index < -0.39 is 0 Å². The minimum absolute atomic E-state index is 0.0127. The molecule has 0 fully saturated rings. The number of anilines is 1. The molecule has 0 aliphatic heterocycles. The third-order valence-corrected chi connectivity index (χ3v) is 3.11. The minimum Gasteiger partial charge on any atom is -0.323 e. The number of rotatable bonds is 3. The maximum Gasteiger partial charge on any atom is 0.232 e. The van der Waals surface area contributed by atoms with E-state index in [-0.39, 0.29) is 22.4 Å². The fourth-order valence-corrected chi connectivity index (χ4v) is 2.30. The average Bonchev–Trinajstić information content (AvgIpc) is 2.69. The molecular formula is C10H8Cl3N5O. The first-order chi connectivity index (χ1) is 8.97. The number of hydrogen-bond donors (Lipinski definition) is 1. The molecule has 0 radical (unpaired) electrons. The number of nitrogens with one attached hydrogen (secondary N) is 1. The molecular weight excluding hydrogens is 313 g/mol. The summed E-state index contributed by atoms with van der Waals surface area (Å²) in [6, 6.07) is 2.99. The minimum atomic E-state index is -0.330. The van der Waals surface area contributed by atoms with Crippen molar-refractivity contribution in [2.24, 2.45) is 7.05 Å². The molecule has 1 aromatic heterocycles. The summed E-state index contributed by atoms with van der Waals surface area (Å²) in [7, 11) is 1.64. The van der Waals surface area contributed by atoms with Crippen LogP contribution < -0.4 is 5.32 Å². The Labute approximate surface area is 123 Å². The van der Waals surface area contributed by atoms with Gasteiger partial charge in [-0.3, -0.25) is 4.79 Å². The van der Waals surface area contributed by atoms with Crippen molar-refractivity contribution in [2.45, 2.75) is 6.42 Å². The lowest BCUT2D eigenvalue weighted by atomic mass is 10.3. The van der Waals surface area contributed by atoms with E-state index in [0.29, 0.717) is 16.5 Å². The van der Waals surface area contributed by atoms with Crippen LogP contribution >= 0.6 is 34.8 Å². The molecule has 1 N–H and O–H groups in total. The molecule has 9 heteroatoms. The first-order valence-electron chi connectivity index (χ1n) is 5.13. The van der Waals surface area contributed by atoms with E-state index in [9.17, 15) is 4.79 Å². The molecule has 6 nitrogen and oxygen atoms in total. The molecule has 0 unspecified atom stereocenters. The van der Waals surface area contributed by atoms with Crippen molar-refractivity contribution in [3.8, 4) is 0 Å². The predicted molar refractivity (Wildman–Crippen MR) is 72.6 cm³/mol. The Kier molecular flexibility index (Phi) is 4.24. The summed E-state index contributed by atoms with van der Waals surface area (Å²) in [4.78, 5) is 11.9. The Morgan fingerprint density at radius 2 is 1.95 bits per heavy atom. The van der Waals surface area contributed by atoms with Crippen molar-refractivity contribution >= 4 is 46.4 Å². The van der Waals surface area contributed by atoms with E-state index in [1.54, 1.807) is 7.05 Å². The number of nitrogens with zero attached hydrogens (tertiary/aromatic N) is 4. The summed E-state index contributed by atoms with van der Waals surface area (Å²) in [5.41, 5.74) is 0.313. The third-order valence-electron chi connectivity index (χ3n) is 2.30. The van der Waals surface area contributed by atoms with Crippen LogP contribution in [0.3, 0.4) is 0 Å². The van der Waals surface area contributed by atoms with Crippen molar-refractivity contribution < 1.29 is 4.79 Å². The first kappa shape index (κ1) is 14.0. The Hall–Kier alpha value is -1.37. The van der Waals surface area contributed by atoms with Gasteiger partial charge in [0.25, 0.3) is 0 Å². The van der Waals surface area contributed by atoms with Gasteiger partial charge < -0.3 is 5.32 Å². The summed E-state index contributed by atoms with van der Waals surface area (Å²) in [5.74, 6) is 0.0998. The fourth-order valence-electron chi connectivity index (χ4n) is 1.39. The molecule has 0 spiro atoms. The lowest BCUT2D eigenvalue weighted by Crippen LogP contribution is -2.17. The first-order valence-corrected chi connectivity index (χ1v) is 6.26. The zero-order valence-electron chi connectivity index (χ0n) is 9.69. The maximum absolute atomic E-state index is 11.9. The van der Waals surface area contributed by atoms with Gasteiger partial charge in [0.1, 0.15) is 0 Å². The Morgan fingerprint density at radius 3 is 2.47 bits per heavy atom. The van der Waals surface area contributed by atoms with Crippen LogP contribution in [-0.2, 0) is 18.3 Å². The van der Waals surface area contributed by atoms with Crippen molar-refractivity contribution in [1.29, 1.82) is 0 Å². The zero-order chi connectivity index (χ0) is 14.0. The standard InChI is InChI=1S/C10H8Cl3N5O/c1-18-8(15-16-17-18)4-9(19)14-10-6(12)2-5(11)3-7(10)13/h2-3H,4H2,1H3,(H,14,19). The van der Waals surface area contributed by atoms with Crippen LogP contribution in [0, 0.1) is 0 Å².